The number of nitrogens with two attached hydrogens (primary N) is 1. The Bertz CT molecular complexity index is 3730. The van der Waals surface area contributed by atoms with Crippen LogP contribution in [0, 0.1) is 5.92 Å². The molecule has 88 heavy (non-hydrogen) atoms. The first-order valence-electron chi connectivity index (χ1n) is 28.2. The molecule has 3 aliphatic rings. The third-order valence-electron chi connectivity index (χ3n) is 15.1. The van der Waals surface area contributed by atoms with Gasteiger partial charge in [0.2, 0.25) is 35.4 Å². The third kappa shape index (κ3) is 14.7. The van der Waals surface area contributed by atoms with Crippen molar-refractivity contribution in [1.29, 1.82) is 0 Å². The molecule has 1 heterocycles. The number of ketones is 2. The second-order valence-corrected chi connectivity index (χ2v) is 25.1. The second kappa shape index (κ2) is 28.2. The van der Waals surface area contributed by atoms with Crippen LogP contribution in [0.3, 0.4) is 0 Å². The van der Waals surface area contributed by atoms with Crippen LogP contribution in [0.25, 0.3) is 11.1 Å². The molecular formula is C61H71N9O16S2. The van der Waals surface area contributed by atoms with Gasteiger partial charge in [-0.1, -0.05) is 93.3 Å². The van der Waals surface area contributed by atoms with E-state index in [1.807, 2.05) is 48.5 Å². The highest BCUT2D eigenvalue weighted by Gasteiger charge is 2.41. The van der Waals surface area contributed by atoms with E-state index < -0.39 is 144 Å². The standard InChI is InChI=1S/C61H71N9O16S2/c1-10-18-44-39(11-2)53(71)49-46(30-48(88(82,83)86-84-9)51(62)50(49)54(44)72)68-37-19-16-20-38(29-37)87(80,81)28-26-63-55(73)33(5)64-56(74)34(6)65-59(77)52(32(3)4)69-58(76)47-25-17-27-70(47)60(78)36(8)66-57(75)35(7)67-61(79)85-31-45-42-23-14-12-21-40(42)41-22-13-15-24-43(41)45/h10-16,18-24,29-30,32-36,45,47,52,68H,2,17,25-28,31,62H2,1,3-9H3,(H,63,73)(H,64,74)(H,65,77)(H,66,75)(H,67,79)(H,69,76)/b18-10-. The van der Waals surface area contributed by atoms with Gasteiger partial charge in [0.15, 0.2) is 21.4 Å². The number of nitrogen functional groups attached to an aromatic ring is 1. The van der Waals surface area contributed by atoms with E-state index in [4.69, 9.17) is 10.5 Å². The Morgan fingerprint density at radius 3 is 1.93 bits per heavy atom. The summed E-state index contributed by atoms with van der Waals surface area (Å²) in [5, 5.41) is 18.1. The zero-order valence-electron chi connectivity index (χ0n) is 49.7. The first-order valence-corrected chi connectivity index (χ1v) is 31.3. The summed E-state index contributed by atoms with van der Waals surface area (Å²) in [6, 6.07) is 14.9. The fraction of sp³-hybridized carbons (Fsp3) is 0.361. The SMILES string of the molecule is C=CC1=C(/C=C\C)C(=O)c2c(N)c(S(=O)(=O)OOC)cc(Nc3cccc(S(=O)(=O)CCNC(=O)C(C)NC(=O)C(C)NC(=O)C(NC(=O)C4CCCN4C(=O)C(C)NC(=O)C(C)NC(=O)OCC4c5ccccc5-c5ccccc54)C(C)C)c3)c2C1=O. The van der Waals surface area contributed by atoms with Crippen molar-refractivity contribution in [1.82, 2.24) is 36.8 Å². The van der Waals surface area contributed by atoms with Crippen molar-refractivity contribution in [3.63, 3.8) is 0 Å². The third-order valence-corrected chi connectivity index (χ3v) is 18.0. The second-order valence-electron chi connectivity index (χ2n) is 21.5. The minimum Gasteiger partial charge on any atom is -0.449 e. The molecule has 7 rings (SSSR count). The summed E-state index contributed by atoms with van der Waals surface area (Å²) in [6.45, 7) is 13.9. The molecule has 7 amide bonds. The van der Waals surface area contributed by atoms with Crippen LogP contribution in [0.4, 0.5) is 21.9 Å². The van der Waals surface area contributed by atoms with Crippen LogP contribution in [0.1, 0.15) is 99.1 Å². The lowest BCUT2D eigenvalue weighted by Crippen LogP contribution is -2.59. The highest BCUT2D eigenvalue weighted by molar-refractivity contribution is 7.91. The lowest BCUT2D eigenvalue weighted by molar-refractivity contribution is -0.172. The fourth-order valence-electron chi connectivity index (χ4n) is 10.5. The number of nitrogens with zero attached hydrogens (tertiary/aromatic N) is 1. The van der Waals surface area contributed by atoms with Crippen molar-refractivity contribution >= 4 is 90.1 Å². The van der Waals surface area contributed by atoms with E-state index in [0.29, 0.717) is 6.42 Å². The average Bonchev–Trinajstić information content (AvgIpc) is 0.856. The van der Waals surface area contributed by atoms with Crippen LogP contribution in [-0.4, -0.2) is 144 Å². The van der Waals surface area contributed by atoms with Crippen LogP contribution in [0.2, 0.25) is 0 Å². The molecule has 468 valence electrons. The van der Waals surface area contributed by atoms with Crippen molar-refractivity contribution in [2.75, 3.05) is 43.6 Å². The molecule has 4 aromatic rings. The predicted molar refractivity (Wildman–Crippen MR) is 324 cm³/mol. The van der Waals surface area contributed by atoms with Gasteiger partial charge in [0.05, 0.1) is 40.3 Å². The van der Waals surface area contributed by atoms with Crippen LogP contribution >= 0.6 is 0 Å². The topological polar surface area (TPSA) is 363 Å². The number of fused-ring (bicyclic) bond motifs is 4. The monoisotopic (exact) mass is 1250 g/mol. The van der Waals surface area contributed by atoms with E-state index in [9.17, 15) is 60.0 Å². The molecule has 1 saturated heterocycles. The van der Waals surface area contributed by atoms with Crippen molar-refractivity contribution in [3.8, 4) is 11.1 Å². The normalized spacial score (nSPS) is 16.5. The number of hydrogen-bond donors (Lipinski definition) is 8. The smallest absolute Gasteiger partial charge is 0.407 e. The largest absolute Gasteiger partial charge is 0.449 e. The molecule has 4 aromatic carbocycles. The quantitative estimate of drug-likeness (QED) is 0.0262. The number of ether oxygens (including phenoxy) is 1. The molecule has 6 unspecified atom stereocenters. The first-order chi connectivity index (χ1) is 41.6. The highest BCUT2D eigenvalue weighted by Crippen LogP contribution is 2.45. The van der Waals surface area contributed by atoms with Gasteiger partial charge in [-0.15, -0.1) is 4.33 Å². The maximum absolute atomic E-state index is 13.9. The molecule has 25 nitrogen and oxygen atoms in total. The minimum atomic E-state index is -4.80. The van der Waals surface area contributed by atoms with E-state index in [1.165, 1.54) is 75.1 Å². The number of likely N-dealkylation sites (tertiary alicyclic amines) is 1. The Balaban J connectivity index is 0.882. The molecule has 0 radical (unpaired) electrons. The Hall–Kier alpha value is -9.05. The zero-order valence-corrected chi connectivity index (χ0v) is 51.3. The summed E-state index contributed by atoms with van der Waals surface area (Å²) in [5.74, 6) is -7.12. The highest BCUT2D eigenvalue weighted by atomic mass is 32.2. The number of hydrogen-bond acceptors (Lipinski definition) is 18. The zero-order chi connectivity index (χ0) is 64.5. The Labute approximate surface area is 509 Å². The van der Waals surface area contributed by atoms with E-state index in [2.05, 4.69) is 53.0 Å². The summed E-state index contributed by atoms with van der Waals surface area (Å²) in [4.78, 5) is 126. The number of carbonyl (C=O) groups excluding carboxylic acids is 9. The number of nitrogens with one attached hydrogen (secondary N) is 7. The molecule has 1 aliphatic heterocycles. The van der Waals surface area contributed by atoms with Gasteiger partial charge in [0.25, 0.3) is 0 Å². The predicted octanol–water partition coefficient (Wildman–Crippen LogP) is 4.18. The van der Waals surface area contributed by atoms with E-state index >= 15 is 0 Å². The molecule has 9 N–H and O–H groups in total. The van der Waals surface area contributed by atoms with Gasteiger partial charge in [0, 0.05) is 35.8 Å². The molecule has 0 spiro atoms. The van der Waals surface area contributed by atoms with Crippen molar-refractivity contribution in [2.45, 2.75) is 113 Å². The molecule has 0 saturated carbocycles. The number of benzene rings is 4. The van der Waals surface area contributed by atoms with Crippen LogP contribution in [0.15, 0.2) is 125 Å². The molecule has 2 aliphatic carbocycles. The number of anilines is 3. The number of allylic oxidation sites excluding steroid dienone is 5. The number of sulfone groups is 1. The molecule has 27 heteroatoms. The van der Waals surface area contributed by atoms with Crippen molar-refractivity contribution in [3.05, 3.63) is 137 Å². The van der Waals surface area contributed by atoms with Crippen LogP contribution in [-0.2, 0) is 62.7 Å². The Morgan fingerprint density at radius 2 is 1.32 bits per heavy atom. The van der Waals surface area contributed by atoms with Crippen LogP contribution < -0.4 is 43.0 Å². The summed E-state index contributed by atoms with van der Waals surface area (Å²) in [7, 11) is -8.06. The summed E-state index contributed by atoms with van der Waals surface area (Å²) < 4.78 is 63.6. The number of amides is 7. The summed E-state index contributed by atoms with van der Waals surface area (Å²) >= 11 is 0. The number of rotatable bonds is 25. The van der Waals surface area contributed by atoms with Crippen molar-refractivity contribution in [2.24, 2.45) is 5.92 Å². The lowest BCUT2D eigenvalue weighted by Gasteiger charge is -2.30. The van der Waals surface area contributed by atoms with Gasteiger partial charge in [0.1, 0.15) is 47.8 Å². The lowest BCUT2D eigenvalue weighted by atomic mass is 9.82. The molecule has 1 fully saturated rings. The Morgan fingerprint density at radius 1 is 0.727 bits per heavy atom. The van der Waals surface area contributed by atoms with Gasteiger partial charge in [-0.25, -0.2) is 18.1 Å². The minimum absolute atomic E-state index is 0.0228. The molecule has 0 bridgehead atoms. The van der Waals surface area contributed by atoms with Gasteiger partial charge in [-0.05, 0) is 99.9 Å². The summed E-state index contributed by atoms with van der Waals surface area (Å²) in [6.07, 6.45) is 3.87. The molecular weight excluding hydrogens is 1180 g/mol. The van der Waals surface area contributed by atoms with E-state index in [1.54, 1.807) is 20.8 Å². The van der Waals surface area contributed by atoms with Crippen LogP contribution in [0.5, 0.6) is 0 Å². The number of alkyl carbamates (subject to hydrolysis) is 1. The van der Waals surface area contributed by atoms with E-state index in [0.717, 1.165) is 35.4 Å². The van der Waals surface area contributed by atoms with Gasteiger partial charge in [-0.3, -0.25) is 38.4 Å². The maximum atomic E-state index is 13.9. The van der Waals surface area contributed by atoms with Gasteiger partial charge in [-0.2, -0.15) is 8.42 Å². The molecule has 6 atom stereocenters. The van der Waals surface area contributed by atoms with Crippen molar-refractivity contribution < 1.29 is 73.9 Å². The van der Waals surface area contributed by atoms with Gasteiger partial charge < -0.3 is 52.6 Å². The summed E-state index contributed by atoms with van der Waals surface area (Å²) in [5.41, 5.74) is 8.56. The Kier molecular flexibility index (Phi) is 21.3. The van der Waals surface area contributed by atoms with E-state index in [-0.39, 0.29) is 58.5 Å². The molecule has 0 aromatic heterocycles. The average molecular weight is 1250 g/mol. The first kappa shape index (κ1) is 66.5. The maximum Gasteiger partial charge on any atom is 0.407 e. The number of carbonyl (C=O) groups is 9. The fourth-order valence-corrected chi connectivity index (χ4v) is 12.6. The number of Topliss-reactive ketones (excluding diaryl/α,β-unsaturated/α-hetero) is 2. The van der Waals surface area contributed by atoms with Gasteiger partial charge >= 0.3 is 16.2 Å².